The van der Waals surface area contributed by atoms with Crippen molar-refractivity contribution in [3.63, 3.8) is 0 Å². The average molecular weight is 207 g/mol. The molecule has 0 aliphatic rings. The predicted molar refractivity (Wildman–Crippen MR) is 63.3 cm³/mol. The molecule has 0 amide bonds. The van der Waals surface area contributed by atoms with Gasteiger partial charge in [0.15, 0.2) is 0 Å². The Bertz CT molecular complexity index is 308. The highest BCUT2D eigenvalue weighted by Crippen LogP contribution is 2.26. The number of terminal acetylenes is 1. The molecule has 0 spiro atoms. The van der Waals surface area contributed by atoms with E-state index in [1.165, 1.54) is 10.4 Å². The quantitative estimate of drug-likeness (QED) is 0.582. The number of nitrogens with two attached hydrogens (primary N) is 1. The van der Waals surface area contributed by atoms with Gasteiger partial charge in [-0.15, -0.1) is 23.7 Å². The van der Waals surface area contributed by atoms with Crippen molar-refractivity contribution in [2.75, 3.05) is 0 Å². The van der Waals surface area contributed by atoms with Gasteiger partial charge in [-0.1, -0.05) is 6.92 Å². The summed E-state index contributed by atoms with van der Waals surface area (Å²) in [7, 11) is 0. The van der Waals surface area contributed by atoms with E-state index in [9.17, 15) is 0 Å². The Morgan fingerprint density at radius 2 is 2.43 bits per heavy atom. The third-order valence-corrected chi connectivity index (χ3v) is 3.43. The van der Waals surface area contributed by atoms with E-state index in [1.54, 1.807) is 11.3 Å². The Balaban J connectivity index is 2.52. The molecule has 14 heavy (non-hydrogen) atoms. The minimum Gasteiger partial charge on any atom is -0.323 e. The van der Waals surface area contributed by atoms with Crippen molar-refractivity contribution in [2.45, 2.75) is 38.6 Å². The summed E-state index contributed by atoms with van der Waals surface area (Å²) in [6.07, 6.45) is 9.13. The van der Waals surface area contributed by atoms with Gasteiger partial charge in [0.05, 0.1) is 0 Å². The molecule has 0 aromatic carbocycles. The molecule has 2 N–H and O–H groups in total. The highest BCUT2D eigenvalue weighted by atomic mass is 32.1. The first-order chi connectivity index (χ1) is 6.79. The molecule has 1 heterocycles. The smallest absolute Gasteiger partial charge is 0.0392 e. The molecule has 0 saturated carbocycles. The zero-order valence-electron chi connectivity index (χ0n) is 8.62. The Labute approximate surface area is 90.3 Å². The molecule has 1 rings (SSSR count). The summed E-state index contributed by atoms with van der Waals surface area (Å²) in [5, 5.41) is 2.12. The first kappa shape index (κ1) is 11.3. The monoisotopic (exact) mass is 207 g/mol. The lowest BCUT2D eigenvalue weighted by atomic mass is 10.0. The van der Waals surface area contributed by atoms with Gasteiger partial charge in [-0.2, -0.15) is 0 Å². The minimum absolute atomic E-state index is 0.179. The van der Waals surface area contributed by atoms with E-state index in [0.29, 0.717) is 0 Å². The topological polar surface area (TPSA) is 26.0 Å². The van der Waals surface area contributed by atoms with Crippen LogP contribution in [0.1, 0.15) is 42.7 Å². The first-order valence-electron chi connectivity index (χ1n) is 5.04. The molecular formula is C12H17NS. The second kappa shape index (κ2) is 5.85. The number of rotatable bonds is 5. The van der Waals surface area contributed by atoms with Crippen molar-refractivity contribution >= 4 is 11.3 Å². The normalized spacial score (nSPS) is 12.4. The molecule has 0 aliphatic carbocycles. The van der Waals surface area contributed by atoms with Crippen molar-refractivity contribution in [2.24, 2.45) is 5.73 Å². The Hall–Kier alpha value is -0.780. The van der Waals surface area contributed by atoms with Crippen molar-refractivity contribution in [3.05, 3.63) is 21.9 Å². The number of unbranched alkanes of at least 4 members (excludes halogenated alkanes) is 1. The lowest BCUT2D eigenvalue weighted by Gasteiger charge is -2.10. The maximum absolute atomic E-state index is 6.10. The summed E-state index contributed by atoms with van der Waals surface area (Å²) in [6.45, 7) is 2.17. The van der Waals surface area contributed by atoms with Gasteiger partial charge in [0.25, 0.3) is 0 Å². The zero-order valence-corrected chi connectivity index (χ0v) is 9.44. The highest BCUT2D eigenvalue weighted by Gasteiger charge is 2.10. The van der Waals surface area contributed by atoms with Gasteiger partial charge in [0.1, 0.15) is 0 Å². The van der Waals surface area contributed by atoms with Crippen molar-refractivity contribution in [1.29, 1.82) is 0 Å². The summed E-state index contributed by atoms with van der Waals surface area (Å²) in [5.74, 6) is 2.64. The van der Waals surface area contributed by atoms with Crippen LogP contribution in [0.25, 0.3) is 0 Å². The van der Waals surface area contributed by atoms with E-state index in [2.05, 4.69) is 24.3 Å². The summed E-state index contributed by atoms with van der Waals surface area (Å²) in [5.41, 5.74) is 7.49. The lowest BCUT2D eigenvalue weighted by molar-refractivity contribution is 0.626. The van der Waals surface area contributed by atoms with Crippen molar-refractivity contribution in [3.8, 4) is 12.3 Å². The molecule has 0 fully saturated rings. The molecule has 2 heteroatoms. The first-order valence-corrected chi connectivity index (χ1v) is 5.92. The maximum Gasteiger partial charge on any atom is 0.0392 e. The number of thiophene rings is 1. The van der Waals surface area contributed by atoms with Crippen LogP contribution >= 0.6 is 11.3 Å². The molecule has 0 saturated heterocycles. The molecule has 0 radical (unpaired) electrons. The van der Waals surface area contributed by atoms with Crippen LogP contribution in [-0.4, -0.2) is 0 Å². The molecule has 0 aliphatic heterocycles. The van der Waals surface area contributed by atoms with E-state index in [0.717, 1.165) is 25.7 Å². The second-order valence-electron chi connectivity index (χ2n) is 3.37. The molecule has 0 bridgehead atoms. The van der Waals surface area contributed by atoms with Crippen LogP contribution in [0.15, 0.2) is 11.4 Å². The van der Waals surface area contributed by atoms with Crippen molar-refractivity contribution in [1.82, 2.24) is 0 Å². The van der Waals surface area contributed by atoms with Crippen LogP contribution in [-0.2, 0) is 6.42 Å². The number of aryl methyl sites for hydroxylation is 1. The average Bonchev–Trinajstić information content (AvgIpc) is 2.65. The van der Waals surface area contributed by atoms with Crippen LogP contribution in [0.4, 0.5) is 0 Å². The molecular weight excluding hydrogens is 190 g/mol. The van der Waals surface area contributed by atoms with Gasteiger partial charge in [-0.05, 0) is 36.3 Å². The minimum atomic E-state index is 0.179. The lowest BCUT2D eigenvalue weighted by Crippen LogP contribution is -2.10. The molecule has 1 nitrogen and oxygen atoms in total. The van der Waals surface area contributed by atoms with Crippen LogP contribution in [0.2, 0.25) is 0 Å². The van der Waals surface area contributed by atoms with Gasteiger partial charge >= 0.3 is 0 Å². The summed E-state index contributed by atoms with van der Waals surface area (Å²) >= 11 is 1.76. The largest absolute Gasteiger partial charge is 0.323 e. The third-order valence-electron chi connectivity index (χ3n) is 2.33. The van der Waals surface area contributed by atoms with Gasteiger partial charge < -0.3 is 5.73 Å². The van der Waals surface area contributed by atoms with E-state index in [-0.39, 0.29) is 6.04 Å². The van der Waals surface area contributed by atoms with E-state index in [1.807, 2.05) is 0 Å². The third kappa shape index (κ3) is 2.87. The standard InChI is InChI=1S/C12H17NS/c1-3-5-6-7-11(13)12-10(4-2)8-9-14-12/h1,8-9,11H,4-7,13H2,2H3. The van der Waals surface area contributed by atoms with Crippen LogP contribution in [0.3, 0.4) is 0 Å². The number of hydrogen-bond donors (Lipinski definition) is 1. The SMILES string of the molecule is C#CCCCC(N)c1sccc1CC. The highest BCUT2D eigenvalue weighted by molar-refractivity contribution is 7.10. The van der Waals surface area contributed by atoms with Gasteiger partial charge in [-0.25, -0.2) is 0 Å². The maximum atomic E-state index is 6.10. The van der Waals surface area contributed by atoms with Crippen LogP contribution in [0, 0.1) is 12.3 Å². The second-order valence-corrected chi connectivity index (χ2v) is 4.31. The molecule has 1 aromatic heterocycles. The fourth-order valence-corrected chi connectivity index (χ4v) is 2.56. The summed E-state index contributed by atoms with van der Waals surface area (Å²) in [6, 6.07) is 2.35. The summed E-state index contributed by atoms with van der Waals surface area (Å²) < 4.78 is 0. The predicted octanol–water partition coefficient (Wildman–Crippen LogP) is 3.11. The summed E-state index contributed by atoms with van der Waals surface area (Å²) in [4.78, 5) is 1.34. The molecule has 1 atom stereocenters. The Morgan fingerprint density at radius 1 is 1.64 bits per heavy atom. The van der Waals surface area contributed by atoms with Gasteiger partial charge in [0.2, 0.25) is 0 Å². The van der Waals surface area contributed by atoms with Crippen molar-refractivity contribution < 1.29 is 0 Å². The van der Waals surface area contributed by atoms with Gasteiger partial charge in [-0.3, -0.25) is 0 Å². The van der Waals surface area contributed by atoms with E-state index >= 15 is 0 Å². The van der Waals surface area contributed by atoms with Crippen LogP contribution < -0.4 is 5.73 Å². The van der Waals surface area contributed by atoms with E-state index < -0.39 is 0 Å². The molecule has 76 valence electrons. The fraction of sp³-hybridized carbons (Fsp3) is 0.500. The Kier molecular flexibility index (Phi) is 4.72. The number of hydrogen-bond acceptors (Lipinski definition) is 2. The Morgan fingerprint density at radius 3 is 3.07 bits per heavy atom. The van der Waals surface area contributed by atoms with Crippen LogP contribution in [0.5, 0.6) is 0 Å². The molecule has 1 unspecified atom stereocenters. The van der Waals surface area contributed by atoms with Gasteiger partial charge in [0, 0.05) is 17.3 Å². The fourth-order valence-electron chi connectivity index (χ4n) is 1.52. The molecule has 1 aromatic rings. The zero-order chi connectivity index (χ0) is 10.4. The van der Waals surface area contributed by atoms with E-state index in [4.69, 9.17) is 12.2 Å².